The number of nitrogens with one attached hydrogen (secondary N) is 1. The van der Waals surface area contributed by atoms with E-state index in [1.54, 1.807) is 36.3 Å². The van der Waals surface area contributed by atoms with Crippen molar-refractivity contribution in [1.29, 1.82) is 0 Å². The third-order valence-corrected chi connectivity index (χ3v) is 4.53. The number of benzene rings is 2. The summed E-state index contributed by atoms with van der Waals surface area (Å²) in [5.41, 5.74) is 1.55. The van der Waals surface area contributed by atoms with Crippen molar-refractivity contribution in [1.82, 2.24) is 4.90 Å². The Morgan fingerprint density at radius 1 is 1.23 bits per heavy atom. The zero-order chi connectivity index (χ0) is 18.5. The van der Waals surface area contributed by atoms with Gasteiger partial charge in [-0.15, -0.1) is 0 Å². The van der Waals surface area contributed by atoms with E-state index in [2.05, 4.69) is 5.32 Å². The number of anilines is 1. The van der Waals surface area contributed by atoms with E-state index in [0.717, 1.165) is 5.56 Å². The lowest BCUT2D eigenvalue weighted by Gasteiger charge is -2.17. The lowest BCUT2D eigenvalue weighted by Crippen LogP contribution is -2.30. The fourth-order valence-electron chi connectivity index (χ4n) is 3.06. The summed E-state index contributed by atoms with van der Waals surface area (Å²) < 4.78 is 18.2. The molecule has 1 heterocycles. The van der Waals surface area contributed by atoms with Gasteiger partial charge in [-0.05, 0) is 36.2 Å². The molecular formula is C20H21FN2O3. The lowest BCUT2D eigenvalue weighted by molar-refractivity contribution is -0.128. The number of rotatable bonds is 6. The number of likely N-dealkylation sites (tertiary alicyclic amines) is 1. The first-order valence-corrected chi connectivity index (χ1v) is 8.53. The number of amides is 2. The van der Waals surface area contributed by atoms with Crippen LogP contribution in [0.25, 0.3) is 0 Å². The zero-order valence-corrected chi connectivity index (χ0v) is 14.6. The SMILES string of the molecule is COc1ccccc1NC(=O)[C@H]1CC(=O)N(CCc2ccc(F)cc2)C1. The maximum atomic E-state index is 12.9. The van der Waals surface area contributed by atoms with E-state index >= 15 is 0 Å². The minimum absolute atomic E-state index is 0.0349. The van der Waals surface area contributed by atoms with Crippen molar-refractivity contribution < 1.29 is 18.7 Å². The Bertz CT molecular complexity index is 792. The van der Waals surface area contributed by atoms with Crippen LogP contribution in [-0.4, -0.2) is 36.9 Å². The molecule has 0 radical (unpaired) electrons. The molecule has 0 aliphatic carbocycles. The molecule has 3 rings (SSSR count). The first kappa shape index (κ1) is 17.9. The third-order valence-electron chi connectivity index (χ3n) is 4.53. The van der Waals surface area contributed by atoms with Gasteiger partial charge in [0.25, 0.3) is 0 Å². The third kappa shape index (κ3) is 4.20. The number of carbonyl (C=O) groups excluding carboxylic acids is 2. The quantitative estimate of drug-likeness (QED) is 0.866. The molecule has 26 heavy (non-hydrogen) atoms. The molecule has 0 aromatic heterocycles. The zero-order valence-electron chi connectivity index (χ0n) is 14.6. The van der Waals surface area contributed by atoms with Gasteiger partial charge in [-0.2, -0.15) is 0 Å². The Balaban J connectivity index is 1.56. The van der Waals surface area contributed by atoms with Crippen molar-refractivity contribution >= 4 is 17.5 Å². The van der Waals surface area contributed by atoms with Gasteiger partial charge in [0.05, 0.1) is 18.7 Å². The highest BCUT2D eigenvalue weighted by Crippen LogP contribution is 2.26. The van der Waals surface area contributed by atoms with Crippen LogP contribution in [0.3, 0.4) is 0 Å². The highest BCUT2D eigenvalue weighted by atomic mass is 19.1. The summed E-state index contributed by atoms with van der Waals surface area (Å²) >= 11 is 0. The molecule has 5 nitrogen and oxygen atoms in total. The van der Waals surface area contributed by atoms with Crippen LogP contribution in [0.5, 0.6) is 5.75 Å². The van der Waals surface area contributed by atoms with Gasteiger partial charge in [0, 0.05) is 19.5 Å². The monoisotopic (exact) mass is 356 g/mol. The van der Waals surface area contributed by atoms with Gasteiger partial charge in [0.2, 0.25) is 11.8 Å². The largest absolute Gasteiger partial charge is 0.495 e. The number of ether oxygens (including phenoxy) is 1. The van der Waals surface area contributed by atoms with Gasteiger partial charge < -0.3 is 15.0 Å². The predicted octanol–water partition coefficient (Wildman–Crippen LogP) is 2.86. The maximum absolute atomic E-state index is 12.9. The molecule has 0 bridgehead atoms. The average Bonchev–Trinajstić information content (AvgIpc) is 3.02. The predicted molar refractivity (Wildman–Crippen MR) is 96.4 cm³/mol. The van der Waals surface area contributed by atoms with Crippen LogP contribution < -0.4 is 10.1 Å². The van der Waals surface area contributed by atoms with Crippen LogP contribution in [0.15, 0.2) is 48.5 Å². The van der Waals surface area contributed by atoms with Gasteiger partial charge >= 0.3 is 0 Å². The number of hydrogen-bond donors (Lipinski definition) is 1. The molecule has 1 N–H and O–H groups in total. The smallest absolute Gasteiger partial charge is 0.229 e. The van der Waals surface area contributed by atoms with Crippen LogP contribution >= 0.6 is 0 Å². The fraction of sp³-hybridized carbons (Fsp3) is 0.300. The first-order valence-electron chi connectivity index (χ1n) is 8.53. The lowest BCUT2D eigenvalue weighted by atomic mass is 10.1. The Morgan fingerprint density at radius 2 is 1.96 bits per heavy atom. The summed E-state index contributed by atoms with van der Waals surface area (Å²) in [5.74, 6) is -0.308. The molecule has 6 heteroatoms. The minimum Gasteiger partial charge on any atom is -0.495 e. The van der Waals surface area contributed by atoms with Crippen molar-refractivity contribution in [2.75, 3.05) is 25.5 Å². The molecule has 2 aromatic carbocycles. The fourth-order valence-corrected chi connectivity index (χ4v) is 3.06. The number of halogens is 1. The molecule has 0 saturated carbocycles. The number of hydrogen-bond acceptors (Lipinski definition) is 3. The Labute approximate surface area is 151 Å². The van der Waals surface area contributed by atoms with Crippen molar-refractivity contribution in [3.63, 3.8) is 0 Å². The molecular weight excluding hydrogens is 335 g/mol. The summed E-state index contributed by atoms with van der Waals surface area (Å²) in [6.07, 6.45) is 0.831. The summed E-state index contributed by atoms with van der Waals surface area (Å²) in [4.78, 5) is 26.4. The molecule has 0 spiro atoms. The second kappa shape index (κ2) is 7.99. The highest BCUT2D eigenvalue weighted by Gasteiger charge is 2.34. The van der Waals surface area contributed by atoms with Gasteiger partial charge in [0.15, 0.2) is 0 Å². The standard InChI is InChI=1S/C20H21FN2O3/c1-26-18-5-3-2-4-17(18)22-20(25)15-12-19(24)23(13-15)11-10-14-6-8-16(21)9-7-14/h2-9,15H,10-13H2,1H3,(H,22,25)/t15-/m0/s1. The number of methoxy groups -OCH3 is 1. The van der Waals surface area contributed by atoms with Gasteiger partial charge in [-0.25, -0.2) is 4.39 Å². The average molecular weight is 356 g/mol. The molecule has 2 amide bonds. The molecule has 1 aliphatic rings. The normalized spacial score (nSPS) is 16.6. The maximum Gasteiger partial charge on any atom is 0.229 e. The first-order chi connectivity index (χ1) is 12.6. The molecule has 2 aromatic rings. The van der Waals surface area contributed by atoms with Crippen LogP contribution in [0, 0.1) is 11.7 Å². The van der Waals surface area contributed by atoms with Crippen LogP contribution in [0.4, 0.5) is 10.1 Å². The summed E-state index contributed by atoms with van der Waals surface area (Å²) in [7, 11) is 1.54. The highest BCUT2D eigenvalue weighted by molar-refractivity contribution is 5.98. The van der Waals surface area contributed by atoms with E-state index in [1.807, 2.05) is 12.1 Å². The van der Waals surface area contributed by atoms with Crippen molar-refractivity contribution in [2.45, 2.75) is 12.8 Å². The second-order valence-corrected chi connectivity index (χ2v) is 6.31. The second-order valence-electron chi connectivity index (χ2n) is 6.31. The van der Waals surface area contributed by atoms with E-state index < -0.39 is 0 Å². The van der Waals surface area contributed by atoms with Gasteiger partial charge in [-0.3, -0.25) is 9.59 Å². The molecule has 0 unspecified atom stereocenters. The number of para-hydroxylation sites is 2. The van der Waals surface area contributed by atoms with Crippen LogP contribution in [0.2, 0.25) is 0 Å². The van der Waals surface area contributed by atoms with Gasteiger partial charge in [0.1, 0.15) is 11.6 Å². The molecule has 1 aliphatic heterocycles. The van der Waals surface area contributed by atoms with E-state index in [0.29, 0.717) is 30.9 Å². The Morgan fingerprint density at radius 3 is 2.69 bits per heavy atom. The van der Waals surface area contributed by atoms with Gasteiger partial charge in [-0.1, -0.05) is 24.3 Å². The number of carbonyl (C=O) groups is 2. The number of nitrogens with zero attached hydrogens (tertiary/aromatic N) is 1. The van der Waals surface area contributed by atoms with Crippen LogP contribution in [-0.2, 0) is 16.0 Å². The Hall–Kier alpha value is -2.89. The van der Waals surface area contributed by atoms with Crippen molar-refractivity contribution in [3.05, 3.63) is 59.9 Å². The summed E-state index contributed by atoms with van der Waals surface area (Å²) in [6.45, 7) is 0.907. The molecule has 1 saturated heterocycles. The van der Waals surface area contributed by atoms with Crippen molar-refractivity contribution in [2.24, 2.45) is 5.92 Å². The summed E-state index contributed by atoms with van der Waals surface area (Å²) in [6, 6.07) is 13.4. The summed E-state index contributed by atoms with van der Waals surface area (Å²) in [5, 5.41) is 2.84. The van der Waals surface area contributed by atoms with Crippen LogP contribution in [0.1, 0.15) is 12.0 Å². The Kier molecular flexibility index (Phi) is 5.51. The van der Waals surface area contributed by atoms with E-state index in [-0.39, 0.29) is 30.0 Å². The molecule has 136 valence electrons. The minimum atomic E-state index is -0.388. The molecule has 1 fully saturated rings. The van der Waals surface area contributed by atoms with E-state index in [1.165, 1.54) is 12.1 Å². The molecule has 1 atom stereocenters. The van der Waals surface area contributed by atoms with E-state index in [4.69, 9.17) is 4.74 Å². The van der Waals surface area contributed by atoms with E-state index in [9.17, 15) is 14.0 Å². The topological polar surface area (TPSA) is 58.6 Å². The van der Waals surface area contributed by atoms with Crippen molar-refractivity contribution in [3.8, 4) is 5.75 Å².